The number of hydrogen-bond acceptors (Lipinski definition) is 6. The maximum absolute atomic E-state index is 12.2. The second kappa shape index (κ2) is 7.16. The zero-order chi connectivity index (χ0) is 18.7. The number of anilines is 1. The van der Waals surface area contributed by atoms with Gasteiger partial charge in [0.2, 0.25) is 0 Å². The molecule has 0 unspecified atom stereocenters. The third kappa shape index (κ3) is 4.20. The van der Waals surface area contributed by atoms with Gasteiger partial charge in [-0.15, -0.1) is 13.2 Å². The van der Waals surface area contributed by atoms with Crippen LogP contribution < -0.4 is 10.1 Å². The van der Waals surface area contributed by atoms with Crippen molar-refractivity contribution >= 4 is 11.6 Å². The van der Waals surface area contributed by atoms with E-state index in [1.807, 2.05) is 6.92 Å². The second-order valence-corrected chi connectivity index (χ2v) is 5.52. The van der Waals surface area contributed by atoms with Crippen LogP contribution in [0, 0.1) is 0 Å². The van der Waals surface area contributed by atoms with E-state index in [4.69, 9.17) is 4.74 Å². The molecule has 26 heavy (non-hydrogen) atoms. The van der Waals surface area contributed by atoms with Gasteiger partial charge in [-0.05, 0) is 24.6 Å². The van der Waals surface area contributed by atoms with Crippen LogP contribution in [-0.4, -0.2) is 33.1 Å². The standard InChI is InChI=1S/C16H16F3N5O2/c1-10(11-3-5-13(6-4-11)26-16(17,18)19)22-14-7-12(8-25-2)23-15-20-9-21-24(14)15/h3-7,9-10,22H,8H2,1-2H3/t10-/m0/s1. The fourth-order valence-corrected chi connectivity index (χ4v) is 2.45. The van der Waals surface area contributed by atoms with Crippen molar-refractivity contribution in [2.24, 2.45) is 0 Å². The van der Waals surface area contributed by atoms with Crippen LogP contribution in [0.3, 0.4) is 0 Å². The molecule has 0 bridgehead atoms. The fourth-order valence-electron chi connectivity index (χ4n) is 2.45. The number of fused-ring (bicyclic) bond motifs is 1. The van der Waals surface area contributed by atoms with Gasteiger partial charge in [-0.3, -0.25) is 0 Å². The Labute approximate surface area is 146 Å². The van der Waals surface area contributed by atoms with E-state index in [9.17, 15) is 13.2 Å². The van der Waals surface area contributed by atoms with E-state index in [1.54, 1.807) is 25.3 Å². The summed E-state index contributed by atoms with van der Waals surface area (Å²) < 4.78 is 47.2. The Morgan fingerprint density at radius 1 is 1.23 bits per heavy atom. The molecule has 1 aromatic carbocycles. The zero-order valence-electron chi connectivity index (χ0n) is 14.0. The molecule has 0 saturated carbocycles. The molecule has 1 atom stereocenters. The first kappa shape index (κ1) is 17.9. The number of halogens is 3. The molecule has 138 valence electrons. The largest absolute Gasteiger partial charge is 0.573 e. The Bertz CT molecular complexity index is 880. The van der Waals surface area contributed by atoms with E-state index < -0.39 is 6.36 Å². The van der Waals surface area contributed by atoms with Gasteiger partial charge in [0.05, 0.1) is 12.3 Å². The van der Waals surface area contributed by atoms with Crippen LogP contribution in [0.15, 0.2) is 36.7 Å². The number of benzene rings is 1. The molecule has 7 nitrogen and oxygen atoms in total. The number of hydrogen-bond donors (Lipinski definition) is 1. The molecular weight excluding hydrogens is 351 g/mol. The van der Waals surface area contributed by atoms with Crippen molar-refractivity contribution in [3.8, 4) is 5.75 Å². The lowest BCUT2D eigenvalue weighted by atomic mass is 10.1. The van der Waals surface area contributed by atoms with E-state index in [0.29, 0.717) is 23.9 Å². The summed E-state index contributed by atoms with van der Waals surface area (Å²) in [5.41, 5.74) is 1.45. The molecule has 0 aliphatic carbocycles. The van der Waals surface area contributed by atoms with Gasteiger partial charge in [-0.1, -0.05) is 12.1 Å². The van der Waals surface area contributed by atoms with Crippen molar-refractivity contribution in [1.82, 2.24) is 19.6 Å². The molecule has 0 spiro atoms. The Balaban J connectivity index is 1.80. The molecule has 3 aromatic rings. The van der Waals surface area contributed by atoms with Crippen LogP contribution in [0.5, 0.6) is 5.75 Å². The van der Waals surface area contributed by atoms with Crippen molar-refractivity contribution in [3.05, 3.63) is 47.9 Å². The summed E-state index contributed by atoms with van der Waals surface area (Å²) in [6, 6.07) is 7.25. The van der Waals surface area contributed by atoms with Gasteiger partial charge in [-0.25, -0.2) is 4.98 Å². The third-order valence-corrected chi connectivity index (χ3v) is 3.58. The summed E-state index contributed by atoms with van der Waals surface area (Å²) in [4.78, 5) is 8.38. The molecule has 10 heteroatoms. The van der Waals surface area contributed by atoms with Crippen molar-refractivity contribution in [3.63, 3.8) is 0 Å². The number of nitrogens with one attached hydrogen (secondary N) is 1. The van der Waals surface area contributed by atoms with Crippen LogP contribution in [0.25, 0.3) is 5.78 Å². The Hall–Kier alpha value is -2.88. The van der Waals surface area contributed by atoms with E-state index in [1.165, 1.54) is 23.0 Å². The Morgan fingerprint density at radius 2 is 1.96 bits per heavy atom. The van der Waals surface area contributed by atoms with Gasteiger partial charge < -0.3 is 14.8 Å². The highest BCUT2D eigenvalue weighted by atomic mass is 19.4. The summed E-state index contributed by atoms with van der Waals surface area (Å²) in [6.07, 6.45) is -3.32. The maximum Gasteiger partial charge on any atom is 0.573 e. The molecule has 0 fully saturated rings. The van der Waals surface area contributed by atoms with E-state index >= 15 is 0 Å². The molecule has 0 aliphatic rings. The monoisotopic (exact) mass is 367 g/mol. The SMILES string of the molecule is COCc1cc(N[C@@H](C)c2ccc(OC(F)(F)F)cc2)n2ncnc2n1. The molecule has 0 amide bonds. The number of aromatic nitrogens is 4. The molecule has 0 saturated heterocycles. The first-order chi connectivity index (χ1) is 12.4. The van der Waals surface area contributed by atoms with Crippen molar-refractivity contribution in [2.75, 3.05) is 12.4 Å². The molecule has 0 radical (unpaired) electrons. The lowest BCUT2D eigenvalue weighted by Crippen LogP contribution is -2.17. The van der Waals surface area contributed by atoms with Gasteiger partial charge in [0, 0.05) is 19.2 Å². The van der Waals surface area contributed by atoms with Gasteiger partial charge in [0.15, 0.2) is 0 Å². The molecule has 2 heterocycles. The smallest absolute Gasteiger partial charge is 0.406 e. The topological polar surface area (TPSA) is 73.6 Å². The van der Waals surface area contributed by atoms with Gasteiger partial charge in [0.1, 0.15) is 17.9 Å². The first-order valence-corrected chi connectivity index (χ1v) is 7.66. The number of nitrogens with zero attached hydrogens (tertiary/aromatic N) is 4. The Morgan fingerprint density at radius 3 is 2.62 bits per heavy atom. The maximum atomic E-state index is 12.2. The van der Waals surface area contributed by atoms with Crippen LogP contribution in [0.2, 0.25) is 0 Å². The van der Waals surface area contributed by atoms with E-state index in [2.05, 4.69) is 25.1 Å². The van der Waals surface area contributed by atoms with Crippen LogP contribution in [-0.2, 0) is 11.3 Å². The predicted octanol–water partition coefficient (Wildman–Crippen LogP) is 3.34. The lowest BCUT2D eigenvalue weighted by molar-refractivity contribution is -0.274. The zero-order valence-corrected chi connectivity index (χ0v) is 14.0. The highest BCUT2D eigenvalue weighted by Gasteiger charge is 2.31. The normalized spacial score (nSPS) is 13.0. The minimum absolute atomic E-state index is 0.208. The summed E-state index contributed by atoms with van der Waals surface area (Å²) in [6.45, 7) is 2.19. The van der Waals surface area contributed by atoms with Gasteiger partial charge in [0.25, 0.3) is 5.78 Å². The quantitative estimate of drug-likeness (QED) is 0.720. The van der Waals surface area contributed by atoms with Crippen molar-refractivity contribution in [2.45, 2.75) is 25.9 Å². The molecular formula is C16H16F3N5O2. The second-order valence-electron chi connectivity index (χ2n) is 5.52. The predicted molar refractivity (Wildman–Crippen MR) is 86.7 cm³/mol. The van der Waals surface area contributed by atoms with Crippen molar-refractivity contribution < 1.29 is 22.6 Å². The van der Waals surface area contributed by atoms with Gasteiger partial charge in [-0.2, -0.15) is 14.6 Å². The summed E-state index contributed by atoms with van der Waals surface area (Å²) >= 11 is 0. The van der Waals surface area contributed by atoms with Crippen LogP contribution in [0.1, 0.15) is 24.2 Å². The van der Waals surface area contributed by atoms with E-state index in [-0.39, 0.29) is 11.8 Å². The minimum atomic E-state index is -4.71. The average Bonchev–Trinajstić information content (AvgIpc) is 3.03. The Kier molecular flexibility index (Phi) is 4.94. The average molecular weight is 367 g/mol. The van der Waals surface area contributed by atoms with E-state index in [0.717, 1.165) is 5.56 Å². The lowest BCUT2D eigenvalue weighted by Gasteiger charge is -2.17. The van der Waals surface area contributed by atoms with Gasteiger partial charge >= 0.3 is 6.36 Å². The molecule has 3 rings (SSSR count). The summed E-state index contributed by atoms with van der Waals surface area (Å²) in [7, 11) is 1.57. The fraction of sp³-hybridized carbons (Fsp3) is 0.312. The van der Waals surface area contributed by atoms with Crippen molar-refractivity contribution in [1.29, 1.82) is 0 Å². The summed E-state index contributed by atoms with van der Waals surface area (Å²) in [5, 5.41) is 7.37. The third-order valence-electron chi connectivity index (χ3n) is 3.58. The first-order valence-electron chi connectivity index (χ1n) is 7.66. The number of alkyl halides is 3. The minimum Gasteiger partial charge on any atom is -0.406 e. The highest BCUT2D eigenvalue weighted by molar-refractivity contribution is 5.47. The number of ether oxygens (including phenoxy) is 2. The summed E-state index contributed by atoms with van der Waals surface area (Å²) in [5.74, 6) is 0.796. The molecule has 0 aliphatic heterocycles. The number of methoxy groups -OCH3 is 1. The highest BCUT2D eigenvalue weighted by Crippen LogP contribution is 2.26. The number of rotatable bonds is 6. The molecule has 1 N–H and O–H groups in total. The van der Waals surface area contributed by atoms with Crippen LogP contribution in [0.4, 0.5) is 19.0 Å². The molecule has 2 aromatic heterocycles. The van der Waals surface area contributed by atoms with Crippen LogP contribution >= 0.6 is 0 Å².